The fourth-order valence-corrected chi connectivity index (χ4v) is 2.47. The summed E-state index contributed by atoms with van der Waals surface area (Å²) in [7, 11) is 0. The minimum absolute atomic E-state index is 0.115. The Labute approximate surface area is 122 Å². The normalized spacial score (nSPS) is 21.6. The van der Waals surface area contributed by atoms with E-state index in [1.165, 1.54) is 6.08 Å². The first-order chi connectivity index (χ1) is 10.0. The first kappa shape index (κ1) is 15.0. The van der Waals surface area contributed by atoms with Crippen molar-refractivity contribution in [3.05, 3.63) is 42.0 Å². The van der Waals surface area contributed by atoms with Gasteiger partial charge in [-0.1, -0.05) is 30.3 Å². The molecule has 2 atom stereocenters. The van der Waals surface area contributed by atoms with Crippen molar-refractivity contribution >= 4 is 23.3 Å². The summed E-state index contributed by atoms with van der Waals surface area (Å²) in [5.74, 6) is -4.78. The van der Waals surface area contributed by atoms with Crippen molar-refractivity contribution in [2.45, 2.75) is 13.3 Å². The number of ketones is 1. The van der Waals surface area contributed by atoms with Gasteiger partial charge in [0.05, 0.1) is 12.5 Å². The Bertz CT molecular complexity index is 588. The van der Waals surface area contributed by atoms with Crippen LogP contribution in [0, 0.1) is 11.8 Å². The molecule has 1 aliphatic carbocycles. The Hall–Kier alpha value is -2.43. The highest BCUT2D eigenvalue weighted by Crippen LogP contribution is 2.34. The molecule has 21 heavy (non-hydrogen) atoms. The number of aliphatic carboxylic acids is 1. The molecule has 0 saturated heterocycles. The lowest BCUT2D eigenvalue weighted by atomic mass is 9.77. The summed E-state index contributed by atoms with van der Waals surface area (Å²) in [6.07, 6.45) is 1.49. The number of benzene rings is 1. The van der Waals surface area contributed by atoms with E-state index in [0.29, 0.717) is 5.57 Å². The van der Waals surface area contributed by atoms with Crippen molar-refractivity contribution < 1.29 is 24.2 Å². The first-order valence-electron chi connectivity index (χ1n) is 6.74. The molecule has 2 unspecified atom stereocenters. The van der Waals surface area contributed by atoms with Crippen molar-refractivity contribution in [3.8, 4) is 0 Å². The molecule has 110 valence electrons. The van der Waals surface area contributed by atoms with Crippen LogP contribution in [0.4, 0.5) is 0 Å². The van der Waals surface area contributed by atoms with Gasteiger partial charge in [-0.2, -0.15) is 0 Å². The van der Waals surface area contributed by atoms with E-state index in [2.05, 4.69) is 0 Å². The molecule has 5 heteroatoms. The van der Waals surface area contributed by atoms with E-state index < -0.39 is 29.6 Å². The van der Waals surface area contributed by atoms with Crippen LogP contribution in [0.2, 0.25) is 0 Å². The van der Waals surface area contributed by atoms with Crippen LogP contribution in [0.15, 0.2) is 36.4 Å². The molecule has 0 aliphatic heterocycles. The molecule has 0 spiro atoms. The Balaban J connectivity index is 2.35. The second-order valence-electron chi connectivity index (χ2n) is 4.82. The van der Waals surface area contributed by atoms with Crippen LogP contribution in [-0.2, 0) is 19.1 Å². The van der Waals surface area contributed by atoms with Crippen LogP contribution in [0.3, 0.4) is 0 Å². The topological polar surface area (TPSA) is 80.7 Å². The number of carboxylic acids is 1. The third-order valence-electron chi connectivity index (χ3n) is 3.47. The van der Waals surface area contributed by atoms with Gasteiger partial charge in [0.15, 0.2) is 5.78 Å². The van der Waals surface area contributed by atoms with Crippen molar-refractivity contribution in [3.63, 3.8) is 0 Å². The van der Waals surface area contributed by atoms with Gasteiger partial charge in [0.2, 0.25) is 0 Å². The summed E-state index contributed by atoms with van der Waals surface area (Å²) in [6.45, 7) is 1.73. The van der Waals surface area contributed by atoms with Crippen LogP contribution >= 0.6 is 0 Å². The van der Waals surface area contributed by atoms with Crippen molar-refractivity contribution in [2.24, 2.45) is 11.8 Å². The SMILES string of the molecule is CCOC(=O)C1C(=O)C=C(c2ccccc2)CC1C(=O)O. The van der Waals surface area contributed by atoms with E-state index in [1.807, 2.05) is 30.3 Å². The molecule has 0 saturated carbocycles. The van der Waals surface area contributed by atoms with Gasteiger partial charge < -0.3 is 9.84 Å². The van der Waals surface area contributed by atoms with Crippen LogP contribution in [-0.4, -0.2) is 29.4 Å². The zero-order chi connectivity index (χ0) is 15.4. The monoisotopic (exact) mass is 288 g/mol. The molecule has 1 N–H and O–H groups in total. The second-order valence-corrected chi connectivity index (χ2v) is 4.82. The molecule has 5 nitrogen and oxygen atoms in total. The largest absolute Gasteiger partial charge is 0.481 e. The Morgan fingerprint density at radius 3 is 2.52 bits per heavy atom. The quantitative estimate of drug-likeness (QED) is 0.676. The number of carboxylic acid groups (broad SMARTS) is 1. The highest BCUT2D eigenvalue weighted by atomic mass is 16.5. The minimum atomic E-state index is -1.25. The highest BCUT2D eigenvalue weighted by molar-refractivity contribution is 6.12. The smallest absolute Gasteiger partial charge is 0.317 e. The maximum absolute atomic E-state index is 12.2. The first-order valence-corrected chi connectivity index (χ1v) is 6.74. The van der Waals surface area contributed by atoms with E-state index >= 15 is 0 Å². The molecule has 0 radical (unpaired) electrons. The molecule has 1 aliphatic rings. The summed E-state index contributed by atoms with van der Waals surface area (Å²) < 4.78 is 4.82. The molecule has 2 rings (SSSR count). The van der Waals surface area contributed by atoms with Crippen molar-refractivity contribution in [1.82, 2.24) is 0 Å². The fourth-order valence-electron chi connectivity index (χ4n) is 2.47. The maximum atomic E-state index is 12.2. The summed E-state index contributed by atoms with van der Waals surface area (Å²) in [6, 6.07) is 9.08. The molecule has 0 amide bonds. The highest BCUT2D eigenvalue weighted by Gasteiger charge is 2.42. The van der Waals surface area contributed by atoms with Gasteiger partial charge >= 0.3 is 11.9 Å². The third kappa shape index (κ3) is 3.18. The van der Waals surface area contributed by atoms with Gasteiger partial charge in [-0.05, 0) is 30.6 Å². The van der Waals surface area contributed by atoms with Gasteiger partial charge in [0.25, 0.3) is 0 Å². The number of esters is 1. The Morgan fingerprint density at radius 2 is 1.95 bits per heavy atom. The van der Waals surface area contributed by atoms with E-state index in [9.17, 15) is 19.5 Å². The van der Waals surface area contributed by atoms with Gasteiger partial charge in [-0.25, -0.2) is 0 Å². The van der Waals surface area contributed by atoms with Crippen molar-refractivity contribution in [2.75, 3.05) is 6.61 Å². The number of carbonyl (C=O) groups is 3. The second kappa shape index (κ2) is 6.35. The zero-order valence-corrected chi connectivity index (χ0v) is 11.6. The lowest BCUT2D eigenvalue weighted by molar-refractivity contribution is -0.160. The van der Waals surface area contributed by atoms with Crippen LogP contribution in [0.25, 0.3) is 5.57 Å². The number of carbonyl (C=O) groups excluding carboxylic acids is 2. The van der Waals surface area contributed by atoms with E-state index in [1.54, 1.807) is 6.92 Å². The van der Waals surface area contributed by atoms with Gasteiger partial charge in [0.1, 0.15) is 5.92 Å². The lowest BCUT2D eigenvalue weighted by Gasteiger charge is -2.26. The van der Waals surface area contributed by atoms with Gasteiger partial charge in [0, 0.05) is 0 Å². The number of ether oxygens (including phenoxy) is 1. The standard InChI is InChI=1S/C16H16O5/c1-2-21-16(20)14-12(15(18)19)8-11(9-13(14)17)10-6-4-3-5-7-10/h3-7,9,12,14H,2,8H2,1H3,(H,18,19). The molecule has 0 aromatic heterocycles. The molecule has 0 bridgehead atoms. The zero-order valence-electron chi connectivity index (χ0n) is 11.6. The average Bonchev–Trinajstić information content (AvgIpc) is 2.47. The molecule has 0 fully saturated rings. The van der Waals surface area contributed by atoms with Crippen LogP contribution in [0.5, 0.6) is 0 Å². The van der Waals surface area contributed by atoms with Crippen LogP contribution < -0.4 is 0 Å². The molecular weight excluding hydrogens is 272 g/mol. The van der Waals surface area contributed by atoms with Gasteiger partial charge in [-0.3, -0.25) is 14.4 Å². The lowest BCUT2D eigenvalue weighted by Crippen LogP contribution is -2.39. The van der Waals surface area contributed by atoms with Crippen LogP contribution in [0.1, 0.15) is 18.9 Å². The van der Waals surface area contributed by atoms with E-state index in [0.717, 1.165) is 5.56 Å². The fraction of sp³-hybridized carbons (Fsp3) is 0.312. The molecule has 1 aromatic rings. The summed E-state index contributed by atoms with van der Waals surface area (Å²) in [5.41, 5.74) is 1.42. The predicted molar refractivity (Wildman–Crippen MR) is 75.3 cm³/mol. The Morgan fingerprint density at radius 1 is 1.29 bits per heavy atom. The predicted octanol–water partition coefficient (Wildman–Crippen LogP) is 1.92. The number of rotatable bonds is 4. The number of allylic oxidation sites excluding steroid dienone is 2. The molecule has 1 aromatic carbocycles. The maximum Gasteiger partial charge on any atom is 0.317 e. The molecular formula is C16H16O5. The average molecular weight is 288 g/mol. The van der Waals surface area contributed by atoms with Crippen molar-refractivity contribution in [1.29, 1.82) is 0 Å². The Kier molecular flexibility index (Phi) is 4.52. The van der Waals surface area contributed by atoms with E-state index in [-0.39, 0.29) is 13.0 Å². The van der Waals surface area contributed by atoms with Gasteiger partial charge in [-0.15, -0.1) is 0 Å². The molecule has 0 heterocycles. The number of hydrogen-bond acceptors (Lipinski definition) is 4. The summed E-state index contributed by atoms with van der Waals surface area (Å²) in [4.78, 5) is 35.4. The summed E-state index contributed by atoms with van der Waals surface area (Å²) >= 11 is 0. The number of hydrogen-bond donors (Lipinski definition) is 1. The van der Waals surface area contributed by atoms with E-state index in [4.69, 9.17) is 4.74 Å². The third-order valence-corrected chi connectivity index (χ3v) is 3.47. The summed E-state index contributed by atoms with van der Waals surface area (Å²) in [5, 5.41) is 9.32. The minimum Gasteiger partial charge on any atom is -0.481 e.